The van der Waals surface area contributed by atoms with Gasteiger partial charge in [-0.3, -0.25) is 0 Å². The van der Waals surface area contributed by atoms with Gasteiger partial charge in [-0.25, -0.2) is 9.37 Å². The Morgan fingerprint density at radius 2 is 2.07 bits per heavy atom. The Hall–Kier alpha value is -1.63. The Morgan fingerprint density at radius 1 is 1.40 bits per heavy atom. The zero-order chi connectivity index (χ0) is 11.3. The van der Waals surface area contributed by atoms with Crippen LogP contribution < -0.4 is 5.73 Å². The second-order valence-corrected chi connectivity index (χ2v) is 2.52. The molecule has 7 heteroatoms. The molecule has 0 spiro atoms. The lowest BCUT2D eigenvalue weighted by molar-refractivity contribution is 0.147. The van der Waals surface area contributed by atoms with E-state index >= 15 is 0 Å². The summed E-state index contributed by atoms with van der Waals surface area (Å²) in [5.74, 6) is -2.72. The fourth-order valence-corrected chi connectivity index (χ4v) is 0.650. The summed E-state index contributed by atoms with van der Waals surface area (Å²) in [6, 6.07) is 0. The molecule has 0 aliphatic carbocycles. The van der Waals surface area contributed by atoms with Crippen molar-refractivity contribution in [3.63, 3.8) is 0 Å². The van der Waals surface area contributed by atoms with Crippen LogP contribution in [0.25, 0.3) is 0 Å². The van der Waals surface area contributed by atoms with E-state index in [1.54, 1.807) is 6.26 Å². The molecule has 2 N–H and O–H groups in total. The van der Waals surface area contributed by atoms with E-state index in [4.69, 9.17) is 10.5 Å². The Morgan fingerprint density at radius 3 is 2.33 bits per heavy atom. The lowest BCUT2D eigenvalue weighted by Gasteiger charge is -2.16. The van der Waals surface area contributed by atoms with Crippen molar-refractivity contribution in [2.24, 2.45) is 5.73 Å². The van der Waals surface area contributed by atoms with Gasteiger partial charge in [-0.15, -0.1) is 0 Å². The van der Waals surface area contributed by atoms with Crippen LogP contribution in [0.5, 0.6) is 0 Å². The largest absolute Gasteiger partial charge is 0.493 e. The summed E-state index contributed by atoms with van der Waals surface area (Å²) < 4.78 is 40.1. The first kappa shape index (κ1) is 11.4. The van der Waals surface area contributed by atoms with E-state index in [1.165, 1.54) is 0 Å². The lowest BCUT2D eigenvalue weighted by Crippen LogP contribution is -2.24. The average molecular weight is 219 g/mol. The number of nitrogens with zero attached hydrogens (tertiary/aromatic N) is 2. The summed E-state index contributed by atoms with van der Waals surface area (Å²) in [5, 5.41) is 0. The van der Waals surface area contributed by atoms with E-state index in [2.05, 4.69) is 9.97 Å². The van der Waals surface area contributed by atoms with Crippen molar-refractivity contribution in [1.82, 2.24) is 9.97 Å². The van der Waals surface area contributed by atoms with Crippen LogP contribution in [0.3, 0.4) is 0 Å². The smallest absolute Gasteiger partial charge is 0.311 e. The maximum Gasteiger partial charge on any atom is 0.311 e. The first-order chi connectivity index (χ1) is 7.13. The molecule has 4 nitrogen and oxygen atoms in total. The molecule has 82 valence electrons. The van der Waals surface area contributed by atoms with Crippen LogP contribution in [-0.2, 0) is 4.74 Å². The molecule has 2 heterocycles. The van der Waals surface area contributed by atoms with Crippen LogP contribution in [0.15, 0.2) is 18.5 Å². The second kappa shape index (κ2) is 5.30. The summed E-state index contributed by atoms with van der Waals surface area (Å²) in [6.45, 7) is 0.608. The van der Waals surface area contributed by atoms with Gasteiger partial charge in [0.15, 0.2) is 5.82 Å². The fourth-order valence-electron chi connectivity index (χ4n) is 0.650. The van der Waals surface area contributed by atoms with E-state index in [-0.39, 0.29) is 6.10 Å². The maximum atomic E-state index is 11.8. The second-order valence-electron chi connectivity index (χ2n) is 2.52. The van der Waals surface area contributed by atoms with Crippen LogP contribution in [0.1, 0.15) is 0 Å². The van der Waals surface area contributed by atoms with Crippen LogP contribution >= 0.6 is 0 Å². The van der Waals surface area contributed by atoms with Crippen molar-refractivity contribution >= 4 is 0 Å². The minimum absolute atomic E-state index is 0.213. The standard InChI is InChI=1S/C4HF3N2.C4H7NO/c5-2-1-8-4(7)9-3(2)6;5-3-4-1-2-6-4/h1H;1-2,4H,3,5H2. The number of hydrogen-bond acceptors (Lipinski definition) is 4. The number of ether oxygens (including phenoxy) is 1. The minimum atomic E-state index is -1.47. The van der Waals surface area contributed by atoms with Gasteiger partial charge in [-0.1, -0.05) is 0 Å². The highest BCUT2D eigenvalue weighted by Crippen LogP contribution is 2.02. The van der Waals surface area contributed by atoms with Crippen molar-refractivity contribution in [3.05, 3.63) is 36.4 Å². The minimum Gasteiger partial charge on any atom is -0.493 e. The number of hydrogen-bond donors (Lipinski definition) is 1. The number of nitrogens with two attached hydrogens (primary N) is 1. The molecule has 1 atom stereocenters. The van der Waals surface area contributed by atoms with Gasteiger partial charge in [0.2, 0.25) is 0 Å². The highest BCUT2D eigenvalue weighted by atomic mass is 19.2. The highest BCUT2D eigenvalue weighted by Gasteiger charge is 2.05. The Labute approximate surface area is 83.6 Å². The van der Waals surface area contributed by atoms with Crippen LogP contribution in [-0.4, -0.2) is 22.6 Å². The van der Waals surface area contributed by atoms with E-state index in [0.717, 1.165) is 0 Å². The predicted octanol–water partition coefficient (Wildman–Crippen LogP) is 0.751. The molecule has 2 rings (SSSR count). The molecule has 1 aliphatic rings. The van der Waals surface area contributed by atoms with E-state index in [9.17, 15) is 13.2 Å². The summed E-state index contributed by atoms with van der Waals surface area (Å²) in [7, 11) is 0. The molecule has 0 fully saturated rings. The third-order valence-corrected chi connectivity index (χ3v) is 1.45. The van der Waals surface area contributed by atoms with E-state index in [1.807, 2.05) is 6.08 Å². The molecular weight excluding hydrogens is 211 g/mol. The summed E-state index contributed by atoms with van der Waals surface area (Å²) in [4.78, 5) is 5.20. The molecule has 0 aromatic carbocycles. The van der Waals surface area contributed by atoms with E-state index in [0.29, 0.717) is 12.7 Å². The van der Waals surface area contributed by atoms with Gasteiger partial charge >= 0.3 is 6.08 Å². The van der Waals surface area contributed by atoms with Gasteiger partial charge < -0.3 is 10.5 Å². The zero-order valence-corrected chi connectivity index (χ0v) is 7.53. The average Bonchev–Trinajstić information content (AvgIpc) is 2.11. The van der Waals surface area contributed by atoms with Crippen molar-refractivity contribution < 1.29 is 17.9 Å². The Bertz CT molecular complexity index is 359. The fraction of sp³-hybridized carbons (Fsp3) is 0.250. The molecular formula is C8H8F3N3O. The third kappa shape index (κ3) is 3.55. The molecule has 1 aliphatic heterocycles. The lowest BCUT2D eigenvalue weighted by atomic mass is 10.3. The summed E-state index contributed by atoms with van der Waals surface area (Å²) in [5.41, 5.74) is 5.16. The topological polar surface area (TPSA) is 61.0 Å². The molecule has 0 bridgehead atoms. The summed E-state index contributed by atoms with van der Waals surface area (Å²) in [6.07, 6.45) is 2.95. The predicted molar refractivity (Wildman–Crippen MR) is 45.0 cm³/mol. The summed E-state index contributed by atoms with van der Waals surface area (Å²) >= 11 is 0. The van der Waals surface area contributed by atoms with Crippen LogP contribution in [0.2, 0.25) is 0 Å². The van der Waals surface area contributed by atoms with Gasteiger partial charge in [-0.05, 0) is 6.08 Å². The molecule has 0 amide bonds. The van der Waals surface area contributed by atoms with Crippen molar-refractivity contribution in [1.29, 1.82) is 0 Å². The monoisotopic (exact) mass is 219 g/mol. The van der Waals surface area contributed by atoms with Gasteiger partial charge in [0.25, 0.3) is 5.95 Å². The molecule has 1 aromatic heterocycles. The molecule has 1 aromatic rings. The third-order valence-electron chi connectivity index (χ3n) is 1.45. The number of halogens is 3. The van der Waals surface area contributed by atoms with Crippen molar-refractivity contribution in [2.75, 3.05) is 6.54 Å². The quantitative estimate of drug-likeness (QED) is 0.559. The Kier molecular flexibility index (Phi) is 4.04. The zero-order valence-electron chi connectivity index (χ0n) is 7.53. The molecule has 15 heavy (non-hydrogen) atoms. The number of rotatable bonds is 1. The van der Waals surface area contributed by atoms with Crippen LogP contribution in [0, 0.1) is 17.8 Å². The van der Waals surface area contributed by atoms with Gasteiger partial charge in [0.05, 0.1) is 12.5 Å². The van der Waals surface area contributed by atoms with Crippen molar-refractivity contribution in [3.8, 4) is 0 Å². The van der Waals surface area contributed by atoms with Crippen molar-refractivity contribution in [2.45, 2.75) is 6.10 Å². The van der Waals surface area contributed by atoms with Gasteiger partial charge in [0.1, 0.15) is 6.10 Å². The molecule has 1 unspecified atom stereocenters. The normalized spacial score (nSPS) is 17.2. The highest BCUT2D eigenvalue weighted by molar-refractivity contribution is 4.94. The van der Waals surface area contributed by atoms with Gasteiger partial charge in [0, 0.05) is 6.54 Å². The maximum absolute atomic E-state index is 11.8. The van der Waals surface area contributed by atoms with E-state index < -0.39 is 17.8 Å². The SMILES string of the molecule is Fc1ncc(F)c(F)n1.NCC1C=CO1. The number of aromatic nitrogens is 2. The van der Waals surface area contributed by atoms with Crippen LogP contribution in [0.4, 0.5) is 13.2 Å². The molecule has 0 radical (unpaired) electrons. The molecule has 0 saturated carbocycles. The molecule has 0 saturated heterocycles. The van der Waals surface area contributed by atoms with Gasteiger partial charge in [-0.2, -0.15) is 13.8 Å². The Balaban J connectivity index is 0.000000162. The first-order valence-electron chi connectivity index (χ1n) is 3.99. The first-order valence-corrected chi connectivity index (χ1v) is 3.99.